The second kappa shape index (κ2) is 5.63. The number of hydrogen-bond acceptors (Lipinski definition) is 3. The normalized spacial score (nSPS) is 19.4. The zero-order valence-electron chi connectivity index (χ0n) is 13.4. The standard InChI is InChI=1S/C20H14FNO2S/c1-12-7-5-6-10-14(12)15-11-25-18-16(15)17(23)20(21,19(24)22-18)13-8-3-2-4-9-13/h2-11H,1H3,(H,22,24). The fraction of sp³-hybridized carbons (Fsp3) is 0.100. The van der Waals surface area contributed by atoms with Crippen molar-refractivity contribution in [3.8, 4) is 11.1 Å². The first-order chi connectivity index (χ1) is 12.0. The van der Waals surface area contributed by atoms with E-state index in [-0.39, 0.29) is 11.1 Å². The lowest BCUT2D eigenvalue weighted by molar-refractivity contribution is -0.125. The monoisotopic (exact) mass is 351 g/mol. The Balaban J connectivity index is 1.92. The smallest absolute Gasteiger partial charge is 0.275 e. The molecule has 3 aromatic rings. The van der Waals surface area contributed by atoms with Crippen molar-refractivity contribution in [2.45, 2.75) is 12.6 Å². The topological polar surface area (TPSA) is 46.2 Å². The summed E-state index contributed by atoms with van der Waals surface area (Å²) < 4.78 is 15.7. The summed E-state index contributed by atoms with van der Waals surface area (Å²) in [4.78, 5) is 25.5. The summed E-state index contributed by atoms with van der Waals surface area (Å²) >= 11 is 1.24. The number of ketones is 1. The van der Waals surface area contributed by atoms with Crippen LogP contribution in [0.15, 0.2) is 60.0 Å². The summed E-state index contributed by atoms with van der Waals surface area (Å²) in [6.45, 7) is 1.94. The Morgan fingerprint density at radius 2 is 1.64 bits per heavy atom. The number of aryl methyl sites for hydroxylation is 1. The van der Waals surface area contributed by atoms with Crippen LogP contribution in [-0.2, 0) is 10.5 Å². The van der Waals surface area contributed by atoms with Gasteiger partial charge in [0.1, 0.15) is 5.00 Å². The Morgan fingerprint density at radius 1 is 0.960 bits per heavy atom. The fourth-order valence-electron chi connectivity index (χ4n) is 3.14. The predicted molar refractivity (Wildman–Crippen MR) is 96.7 cm³/mol. The molecule has 1 atom stereocenters. The highest BCUT2D eigenvalue weighted by Gasteiger charge is 2.53. The highest BCUT2D eigenvalue weighted by molar-refractivity contribution is 7.15. The molecule has 0 bridgehead atoms. The van der Waals surface area contributed by atoms with Gasteiger partial charge >= 0.3 is 0 Å². The van der Waals surface area contributed by atoms with E-state index in [2.05, 4.69) is 5.32 Å². The minimum atomic E-state index is -2.72. The van der Waals surface area contributed by atoms with Crippen molar-refractivity contribution in [3.63, 3.8) is 0 Å². The maximum atomic E-state index is 15.7. The van der Waals surface area contributed by atoms with E-state index in [9.17, 15) is 9.59 Å². The first-order valence-electron chi connectivity index (χ1n) is 7.81. The van der Waals surface area contributed by atoms with Crippen LogP contribution in [0.3, 0.4) is 0 Å². The first-order valence-corrected chi connectivity index (χ1v) is 8.69. The molecule has 2 aromatic carbocycles. The summed E-state index contributed by atoms with van der Waals surface area (Å²) in [7, 11) is 0. The molecule has 25 heavy (non-hydrogen) atoms. The summed E-state index contributed by atoms with van der Waals surface area (Å²) in [5.41, 5.74) is 0.0699. The molecule has 0 aliphatic carbocycles. The molecule has 0 saturated carbocycles. The third-order valence-corrected chi connectivity index (χ3v) is 5.37. The number of thiophene rings is 1. The van der Waals surface area contributed by atoms with E-state index in [1.54, 1.807) is 23.6 Å². The Bertz CT molecular complexity index is 996. The average Bonchev–Trinajstić information content (AvgIpc) is 3.04. The average molecular weight is 351 g/mol. The minimum absolute atomic E-state index is 0.0464. The van der Waals surface area contributed by atoms with Crippen LogP contribution in [0.4, 0.5) is 9.39 Å². The lowest BCUT2D eigenvalue weighted by atomic mass is 9.82. The molecule has 1 amide bonds. The molecule has 1 aromatic heterocycles. The zero-order valence-corrected chi connectivity index (χ0v) is 14.2. The molecule has 1 aliphatic rings. The Hall–Kier alpha value is -2.79. The van der Waals surface area contributed by atoms with Gasteiger partial charge in [0.2, 0.25) is 5.78 Å². The number of amides is 1. The number of hydrogen-bond donors (Lipinski definition) is 1. The van der Waals surface area contributed by atoms with Crippen molar-refractivity contribution in [1.82, 2.24) is 0 Å². The molecule has 0 saturated heterocycles. The van der Waals surface area contributed by atoms with E-state index >= 15 is 4.39 Å². The molecule has 2 heterocycles. The van der Waals surface area contributed by atoms with Gasteiger partial charge in [0, 0.05) is 16.5 Å². The molecular formula is C20H14FNO2S. The molecule has 1 aliphatic heterocycles. The lowest BCUT2D eigenvalue weighted by Gasteiger charge is -2.28. The van der Waals surface area contributed by atoms with Crippen LogP contribution in [-0.4, -0.2) is 11.7 Å². The maximum Gasteiger partial charge on any atom is 0.275 e. The van der Waals surface area contributed by atoms with Gasteiger partial charge < -0.3 is 5.32 Å². The SMILES string of the molecule is Cc1ccccc1-c1csc2c1C(=O)C(F)(c1ccccc1)C(=O)N2. The van der Waals surface area contributed by atoms with Crippen molar-refractivity contribution >= 4 is 28.0 Å². The van der Waals surface area contributed by atoms with Crippen LogP contribution in [0.2, 0.25) is 0 Å². The molecule has 3 nitrogen and oxygen atoms in total. The second-order valence-electron chi connectivity index (χ2n) is 5.98. The van der Waals surface area contributed by atoms with E-state index in [1.165, 1.54) is 23.5 Å². The van der Waals surface area contributed by atoms with Crippen LogP contribution in [0.25, 0.3) is 11.1 Å². The van der Waals surface area contributed by atoms with Gasteiger partial charge in [0.25, 0.3) is 11.6 Å². The predicted octanol–water partition coefficient (Wildman–Crippen LogP) is 4.72. The van der Waals surface area contributed by atoms with Crippen LogP contribution < -0.4 is 5.32 Å². The number of anilines is 1. The molecule has 1 N–H and O–H groups in total. The summed E-state index contributed by atoms with van der Waals surface area (Å²) in [5, 5.41) is 4.77. The first kappa shape index (κ1) is 15.7. The lowest BCUT2D eigenvalue weighted by Crippen LogP contribution is -2.47. The van der Waals surface area contributed by atoms with Gasteiger partial charge in [-0.25, -0.2) is 4.39 Å². The van der Waals surface area contributed by atoms with Gasteiger partial charge in [-0.2, -0.15) is 0 Å². The van der Waals surface area contributed by atoms with Crippen molar-refractivity contribution < 1.29 is 14.0 Å². The number of carbonyl (C=O) groups is 2. The number of rotatable bonds is 2. The van der Waals surface area contributed by atoms with Crippen molar-refractivity contribution in [2.24, 2.45) is 0 Å². The Morgan fingerprint density at radius 3 is 2.36 bits per heavy atom. The fourth-order valence-corrected chi connectivity index (χ4v) is 4.10. The van der Waals surface area contributed by atoms with Crippen LogP contribution in [0.5, 0.6) is 0 Å². The number of halogens is 1. The quantitative estimate of drug-likeness (QED) is 0.679. The van der Waals surface area contributed by atoms with Gasteiger partial charge in [-0.3, -0.25) is 9.59 Å². The van der Waals surface area contributed by atoms with Crippen LogP contribution in [0, 0.1) is 6.92 Å². The molecular weight excluding hydrogens is 337 g/mol. The van der Waals surface area contributed by atoms with Gasteiger partial charge in [-0.05, 0) is 18.1 Å². The van der Waals surface area contributed by atoms with Crippen LogP contribution >= 0.6 is 11.3 Å². The number of alkyl halides is 1. The molecule has 0 fully saturated rings. The van der Waals surface area contributed by atoms with E-state index in [0.29, 0.717) is 10.6 Å². The number of fused-ring (bicyclic) bond motifs is 1. The number of carbonyl (C=O) groups excluding carboxylic acids is 2. The van der Waals surface area contributed by atoms with E-state index in [4.69, 9.17) is 0 Å². The van der Waals surface area contributed by atoms with Gasteiger partial charge in [-0.15, -0.1) is 11.3 Å². The zero-order chi connectivity index (χ0) is 17.6. The number of benzene rings is 2. The number of Topliss-reactive ketones (excluding diaryl/α,β-unsaturated/α-hetero) is 1. The molecule has 4 rings (SSSR count). The Labute approximate surface area is 148 Å². The molecule has 124 valence electrons. The summed E-state index contributed by atoms with van der Waals surface area (Å²) in [6.07, 6.45) is 0. The van der Waals surface area contributed by atoms with E-state index in [0.717, 1.165) is 11.1 Å². The van der Waals surface area contributed by atoms with E-state index < -0.39 is 17.4 Å². The third-order valence-electron chi connectivity index (χ3n) is 4.48. The molecule has 1 unspecified atom stereocenters. The highest BCUT2D eigenvalue weighted by atomic mass is 32.1. The van der Waals surface area contributed by atoms with E-state index in [1.807, 2.05) is 31.2 Å². The highest BCUT2D eigenvalue weighted by Crippen LogP contribution is 2.45. The Kier molecular flexibility index (Phi) is 3.54. The van der Waals surface area contributed by atoms with Gasteiger partial charge in [0.05, 0.1) is 5.56 Å². The second-order valence-corrected chi connectivity index (χ2v) is 6.86. The molecule has 0 spiro atoms. The molecule has 5 heteroatoms. The van der Waals surface area contributed by atoms with Crippen molar-refractivity contribution in [1.29, 1.82) is 0 Å². The van der Waals surface area contributed by atoms with Crippen molar-refractivity contribution in [2.75, 3.05) is 5.32 Å². The summed E-state index contributed by atoms with van der Waals surface area (Å²) in [6, 6.07) is 15.5. The maximum absolute atomic E-state index is 15.7. The molecule has 0 radical (unpaired) electrons. The third kappa shape index (κ3) is 2.23. The van der Waals surface area contributed by atoms with Gasteiger partial charge in [0.15, 0.2) is 0 Å². The minimum Gasteiger partial charge on any atom is -0.314 e. The largest absolute Gasteiger partial charge is 0.314 e. The number of nitrogens with one attached hydrogen (secondary N) is 1. The van der Waals surface area contributed by atoms with Crippen LogP contribution in [0.1, 0.15) is 21.5 Å². The summed E-state index contributed by atoms with van der Waals surface area (Å²) in [5.74, 6) is -1.74. The van der Waals surface area contributed by atoms with Gasteiger partial charge in [-0.1, -0.05) is 54.6 Å². The van der Waals surface area contributed by atoms with Crippen molar-refractivity contribution in [3.05, 3.63) is 76.7 Å².